The molecule has 34 heteroatoms. The molecule has 4 aromatic carbocycles. The number of carbonyl (C=O) groups is 4. The average Bonchev–Trinajstić information content (AvgIpc) is 1.74. The number of fused-ring (bicyclic) bond motifs is 1. The van der Waals surface area contributed by atoms with Crippen LogP contribution in [0.5, 0.6) is 0 Å². The summed E-state index contributed by atoms with van der Waals surface area (Å²) in [6.07, 6.45) is 5.13. The highest BCUT2D eigenvalue weighted by Gasteiger charge is 2.54. The first-order valence-electron chi connectivity index (χ1n) is 35.8. The molecule has 4 aromatic heterocycles. The number of amides is 4. The quantitative estimate of drug-likeness (QED) is 0.0883. The molecule has 0 bridgehead atoms. The fraction of sp³-hybridized carbons (Fsp3) is 0.380. The molecule has 4 amide bonds. The van der Waals surface area contributed by atoms with Crippen molar-refractivity contribution in [2.75, 3.05) is 66.9 Å². The number of hydrogen-bond donors (Lipinski definition) is 4. The fourth-order valence-corrected chi connectivity index (χ4v) is 21.9. The molecule has 0 saturated carbocycles. The molecule has 8 N–H and O–H groups in total. The molecular weight excluding hydrogens is 1630 g/mol. The highest BCUT2D eigenvalue weighted by molar-refractivity contribution is 9.10. The number of likely N-dealkylation sites (N-methyl/N-ethyl adjacent to an activating group) is 1. The van der Waals surface area contributed by atoms with Crippen molar-refractivity contribution >= 4 is 139 Å². The van der Waals surface area contributed by atoms with Crippen LogP contribution in [0.1, 0.15) is 119 Å². The number of halogens is 3. The van der Waals surface area contributed by atoms with Crippen LogP contribution in [-0.2, 0) is 67.3 Å². The van der Waals surface area contributed by atoms with Gasteiger partial charge in [-0.2, -0.15) is 15.8 Å². The van der Waals surface area contributed by atoms with Crippen LogP contribution in [-0.4, -0.2) is 159 Å². The van der Waals surface area contributed by atoms with E-state index >= 15 is 0 Å². The van der Waals surface area contributed by atoms with Crippen LogP contribution >= 0.6 is 61.3 Å². The SMILES string of the molecule is CN1C(=O)C[C@@](C)(c2cc3cccc(Br)c3s2)N=C1N.CN1C(=O)[C@@H](C2CCN(S(C)(=O)=O)CC2)[C@@](C)(c2cc(-c3cccc(C#N)c3)cs2)N=C1N.CN1C(=O)[C@H](C2CCN(S(C)(=O)=O)CC2)[C@@](C)(c2cc(-c3cccc(C#N)c3)cs2)N=C1N.CN1C(=O)[C@H](c2ccc(C(C)(F)F)cc2)[C@@](C)(c2ccc(C#N)s2)N=C1N. The summed E-state index contributed by atoms with van der Waals surface area (Å²) >= 11 is 9.49. The summed E-state index contributed by atoms with van der Waals surface area (Å²) in [5, 5.41) is 32.7. The average molecular weight is 1710 g/mol. The van der Waals surface area contributed by atoms with Crippen molar-refractivity contribution in [3.63, 3.8) is 0 Å². The minimum absolute atomic E-state index is 0.00322. The lowest BCUT2D eigenvalue weighted by atomic mass is 9.71. The van der Waals surface area contributed by atoms with Crippen LogP contribution in [0.4, 0.5) is 8.78 Å². The number of nitrogens with zero attached hydrogens (tertiary/aromatic N) is 13. The molecule has 6 aliphatic rings. The zero-order valence-corrected chi connectivity index (χ0v) is 70.4. The van der Waals surface area contributed by atoms with E-state index in [9.17, 15) is 55.3 Å². The number of rotatable bonds is 12. The van der Waals surface area contributed by atoms with E-state index in [0.717, 1.165) is 53.7 Å². The summed E-state index contributed by atoms with van der Waals surface area (Å²) in [7, 11) is -0.0717. The molecule has 25 nitrogen and oxygen atoms in total. The highest BCUT2D eigenvalue weighted by atomic mass is 79.9. The number of guanidine groups is 4. The van der Waals surface area contributed by atoms with Gasteiger partial charge in [0.25, 0.3) is 5.92 Å². The van der Waals surface area contributed by atoms with Crippen LogP contribution < -0.4 is 22.9 Å². The molecule has 7 atom stereocenters. The van der Waals surface area contributed by atoms with Gasteiger partial charge in [-0.05, 0) is 186 Å². The third kappa shape index (κ3) is 17.3. The topological polar surface area (TPSA) is 381 Å². The van der Waals surface area contributed by atoms with Crippen molar-refractivity contribution in [2.45, 2.75) is 101 Å². The van der Waals surface area contributed by atoms with Crippen molar-refractivity contribution in [3.05, 3.63) is 183 Å². The van der Waals surface area contributed by atoms with Gasteiger partial charge in [0.2, 0.25) is 43.7 Å². The molecule has 0 spiro atoms. The van der Waals surface area contributed by atoms with E-state index in [1.807, 2.05) is 92.2 Å². The number of carbonyl (C=O) groups excluding carboxylic acids is 4. The van der Waals surface area contributed by atoms with Crippen molar-refractivity contribution in [1.82, 2.24) is 28.2 Å². The molecule has 0 aliphatic carbocycles. The second kappa shape index (κ2) is 32.7. The zero-order valence-electron chi connectivity index (χ0n) is 63.9. The predicted octanol–water partition coefficient (Wildman–Crippen LogP) is 11.7. The Balaban J connectivity index is 0.000000151. The van der Waals surface area contributed by atoms with E-state index in [2.05, 4.69) is 56.3 Å². The third-order valence-corrected chi connectivity index (χ3v) is 30.4. The molecule has 0 radical (unpaired) electrons. The Bertz CT molecular complexity index is 5350. The number of hydrogen-bond acceptors (Lipinski definition) is 23. The largest absolute Gasteiger partial charge is 0.369 e. The van der Waals surface area contributed by atoms with E-state index in [1.54, 1.807) is 63.7 Å². The summed E-state index contributed by atoms with van der Waals surface area (Å²) in [5.74, 6) is -4.43. The zero-order chi connectivity index (χ0) is 82.4. The van der Waals surface area contributed by atoms with Crippen LogP contribution in [0.2, 0.25) is 0 Å². The Morgan fingerprint density at radius 3 is 1.38 bits per heavy atom. The van der Waals surface area contributed by atoms with Gasteiger partial charge in [0.05, 0.1) is 60.0 Å². The van der Waals surface area contributed by atoms with Crippen molar-refractivity contribution in [3.8, 4) is 40.5 Å². The van der Waals surface area contributed by atoms with Gasteiger partial charge in [-0.1, -0.05) is 60.7 Å². The first kappa shape index (κ1) is 84.2. The number of thiophene rings is 4. The van der Waals surface area contributed by atoms with Gasteiger partial charge < -0.3 is 22.9 Å². The summed E-state index contributed by atoms with van der Waals surface area (Å²) in [6, 6.07) is 42.5. The van der Waals surface area contributed by atoms with E-state index < -0.39 is 65.9 Å². The molecule has 2 fully saturated rings. The van der Waals surface area contributed by atoms with Crippen LogP contribution in [0.15, 0.2) is 157 Å². The Labute approximate surface area is 680 Å². The monoisotopic (exact) mass is 1710 g/mol. The second-order valence-electron chi connectivity index (χ2n) is 29.6. The molecule has 592 valence electrons. The van der Waals surface area contributed by atoms with Crippen molar-refractivity contribution < 1.29 is 44.8 Å². The van der Waals surface area contributed by atoms with Gasteiger partial charge in [-0.15, -0.1) is 45.3 Å². The lowest BCUT2D eigenvalue weighted by Gasteiger charge is -2.45. The van der Waals surface area contributed by atoms with Gasteiger partial charge >= 0.3 is 0 Å². The van der Waals surface area contributed by atoms with E-state index in [-0.39, 0.29) is 64.9 Å². The number of benzene rings is 4. The van der Waals surface area contributed by atoms with Crippen molar-refractivity contribution in [2.24, 2.45) is 66.6 Å². The van der Waals surface area contributed by atoms with Gasteiger partial charge in [0.1, 0.15) is 33.1 Å². The number of nitriles is 3. The maximum atomic E-state index is 13.5. The van der Waals surface area contributed by atoms with Crippen molar-refractivity contribution in [1.29, 1.82) is 15.8 Å². The Hall–Kier alpha value is -9.67. The number of aliphatic imine (C=N–C) groups is 4. The first-order valence-corrected chi connectivity index (χ1v) is 43.7. The fourth-order valence-electron chi connectivity index (χ4n) is 15.3. The van der Waals surface area contributed by atoms with Gasteiger partial charge in [0, 0.05) is 95.5 Å². The lowest BCUT2D eigenvalue weighted by Crippen LogP contribution is -2.57. The summed E-state index contributed by atoms with van der Waals surface area (Å²) in [4.78, 5) is 80.3. The van der Waals surface area contributed by atoms with Gasteiger partial charge in [-0.3, -0.25) is 38.8 Å². The predicted molar refractivity (Wildman–Crippen MR) is 443 cm³/mol. The third-order valence-electron chi connectivity index (χ3n) is 21.9. The highest BCUT2D eigenvalue weighted by Crippen LogP contribution is 2.52. The van der Waals surface area contributed by atoms with E-state index in [1.165, 1.54) is 111 Å². The molecule has 10 heterocycles. The Morgan fingerprint density at radius 1 is 0.522 bits per heavy atom. The Morgan fingerprint density at radius 2 is 0.965 bits per heavy atom. The maximum Gasteiger partial charge on any atom is 0.270 e. The minimum Gasteiger partial charge on any atom is -0.369 e. The number of piperidine rings is 2. The van der Waals surface area contributed by atoms with Gasteiger partial charge in [-0.25, -0.2) is 54.2 Å². The molecule has 6 aliphatic heterocycles. The normalized spacial score (nSPS) is 24.3. The smallest absolute Gasteiger partial charge is 0.270 e. The Kier molecular flexibility index (Phi) is 24.4. The summed E-state index contributed by atoms with van der Waals surface area (Å²) in [6.45, 7) is 10.0. The van der Waals surface area contributed by atoms with Crippen LogP contribution in [0.25, 0.3) is 32.3 Å². The lowest BCUT2D eigenvalue weighted by molar-refractivity contribution is -0.138. The molecule has 0 unspecified atom stereocenters. The second-order valence-corrected chi connectivity index (χ2v) is 38.4. The minimum atomic E-state index is -3.26. The first-order chi connectivity index (χ1) is 53.1. The molecule has 113 heavy (non-hydrogen) atoms. The van der Waals surface area contributed by atoms with Crippen LogP contribution in [0.3, 0.4) is 0 Å². The number of nitrogens with two attached hydrogens (primary N) is 4. The summed E-state index contributed by atoms with van der Waals surface area (Å²) in [5.41, 5.74) is 26.1. The summed E-state index contributed by atoms with van der Waals surface area (Å²) < 4.78 is 80.1. The number of alkyl halides is 2. The number of sulfonamides is 2. The molecule has 8 aromatic rings. The van der Waals surface area contributed by atoms with E-state index in [0.29, 0.717) is 84.7 Å². The molecular formula is C79H86BrF2N17O8S6. The van der Waals surface area contributed by atoms with E-state index in [4.69, 9.17) is 38.2 Å². The molecule has 14 rings (SSSR count). The van der Waals surface area contributed by atoms with Crippen LogP contribution in [0, 0.1) is 57.7 Å². The standard InChI is InChI=1S/2C23H27N5O3S2.C19H18F2N4OS.C14H14BrN3OS/c2*1-23(19-12-18(14-32-19)17-6-4-5-15(11-17)13-24)20(21(29)27(2)22(25)26-23)16-7-9-28(10-8-16)33(3,30)31;1-18(14-9-8-13(10-22)27-14)15(16(26)25(3)17(23)24-18)11-4-6-12(7-5-11)19(2,20)21;1-14(7-11(19)18(2)13(16)17-14)10-6-8-4-3-5-9(15)12(8)20-10/h2*4-6,11-12,14,16,20H,7-10H2,1-3H3,(H2,25,26);4-9,15H,1-3H3,(H2,23,24);3-6H,7H2,1-2H3,(H2,16,17)/t20-,23+;20-,23-;15-,18+;14-/m0100/s1. The molecule has 2 saturated heterocycles. The maximum absolute atomic E-state index is 13.5. The van der Waals surface area contributed by atoms with Gasteiger partial charge in [0.15, 0.2) is 23.8 Å².